The molecule has 0 aromatic rings. The fraction of sp³-hybridized carbons (Fsp3) is 1.00. The van der Waals surface area contributed by atoms with Gasteiger partial charge in [-0.25, -0.2) is 0 Å². The second-order valence-corrected chi connectivity index (χ2v) is 8.44. The van der Waals surface area contributed by atoms with Gasteiger partial charge >= 0.3 is 0 Å². The van der Waals surface area contributed by atoms with E-state index in [9.17, 15) is 0 Å². The van der Waals surface area contributed by atoms with E-state index in [0.29, 0.717) is 11.1 Å². The normalized spacial score (nSPS) is 14.2. The van der Waals surface area contributed by atoms with Crippen LogP contribution in [0.4, 0.5) is 0 Å². The highest BCUT2D eigenvalue weighted by molar-refractivity contribution is 6.15. The number of hydrogen-bond donors (Lipinski definition) is 0. The Balaban J connectivity index is 3.61. The zero-order valence-corrected chi connectivity index (χ0v) is 14.1. The number of hydrogen-bond acceptors (Lipinski definition) is 1. The van der Waals surface area contributed by atoms with Gasteiger partial charge in [0.05, 0.1) is 6.10 Å². The van der Waals surface area contributed by atoms with E-state index < -0.39 is 0 Å². The van der Waals surface area contributed by atoms with Gasteiger partial charge in [0.1, 0.15) is 0 Å². The molecule has 0 spiro atoms. The molecule has 16 heavy (non-hydrogen) atoms. The maximum atomic E-state index is 5.87. The van der Waals surface area contributed by atoms with Gasteiger partial charge in [-0.15, -0.1) is 0 Å². The van der Waals surface area contributed by atoms with Gasteiger partial charge in [-0.1, -0.05) is 59.3 Å². The Hall–Kier alpha value is 0.177. The first-order chi connectivity index (χ1) is 7.52. The Labute approximate surface area is 106 Å². The third-order valence-electron chi connectivity index (χ3n) is 3.15. The van der Waals surface area contributed by atoms with Crippen LogP contribution in [0.3, 0.4) is 0 Å². The van der Waals surface area contributed by atoms with E-state index in [1.165, 1.54) is 55.2 Å². The Kier molecular flexibility index (Phi) is 9.33. The molecule has 0 saturated heterocycles. The van der Waals surface area contributed by atoms with E-state index in [4.69, 9.17) is 4.74 Å². The van der Waals surface area contributed by atoms with Crippen molar-refractivity contribution in [2.24, 2.45) is 0 Å². The van der Waals surface area contributed by atoms with Gasteiger partial charge in [0, 0.05) is 16.8 Å². The van der Waals surface area contributed by atoms with Crippen LogP contribution in [0.2, 0.25) is 5.04 Å². The highest BCUT2D eigenvalue weighted by Crippen LogP contribution is 2.30. The van der Waals surface area contributed by atoms with Crippen LogP contribution in [0.15, 0.2) is 0 Å². The molecule has 0 aliphatic rings. The highest BCUT2D eigenvalue weighted by Gasteiger charge is 2.24. The summed E-state index contributed by atoms with van der Waals surface area (Å²) in [6.45, 7) is 9.94. The van der Waals surface area contributed by atoms with Crippen molar-refractivity contribution >= 4 is 10.2 Å². The lowest BCUT2D eigenvalue weighted by Crippen LogP contribution is -2.26. The van der Waals surface area contributed by atoms with Crippen molar-refractivity contribution in [1.29, 1.82) is 0 Å². The summed E-state index contributed by atoms with van der Waals surface area (Å²) in [5.41, 5.74) is 0. The molecule has 1 unspecified atom stereocenters. The SMILES string of the molecule is CCCCCCCCC(OCC)C(C)(C)[SiH3]. The minimum Gasteiger partial charge on any atom is -0.378 e. The molecule has 0 aliphatic carbocycles. The molecule has 0 N–H and O–H groups in total. The molecule has 0 heterocycles. The summed E-state index contributed by atoms with van der Waals surface area (Å²) in [7, 11) is 1.22. The van der Waals surface area contributed by atoms with Gasteiger partial charge in [0.15, 0.2) is 0 Å². The van der Waals surface area contributed by atoms with Crippen LogP contribution >= 0.6 is 0 Å². The summed E-state index contributed by atoms with van der Waals surface area (Å²) >= 11 is 0. The van der Waals surface area contributed by atoms with E-state index in [1.807, 2.05) is 0 Å². The van der Waals surface area contributed by atoms with Crippen molar-refractivity contribution in [2.75, 3.05) is 6.61 Å². The Morgan fingerprint density at radius 3 is 2.06 bits per heavy atom. The molecule has 0 amide bonds. The third kappa shape index (κ3) is 8.34. The lowest BCUT2D eigenvalue weighted by Gasteiger charge is -2.30. The van der Waals surface area contributed by atoms with Crippen LogP contribution < -0.4 is 0 Å². The van der Waals surface area contributed by atoms with Crippen LogP contribution in [0.25, 0.3) is 0 Å². The van der Waals surface area contributed by atoms with Crippen molar-refractivity contribution in [2.45, 2.75) is 83.8 Å². The van der Waals surface area contributed by atoms with Crippen LogP contribution in [0.5, 0.6) is 0 Å². The molecule has 0 aromatic heterocycles. The van der Waals surface area contributed by atoms with Gasteiger partial charge in [-0.2, -0.15) is 0 Å². The van der Waals surface area contributed by atoms with E-state index in [-0.39, 0.29) is 0 Å². The number of rotatable bonds is 10. The Morgan fingerprint density at radius 1 is 1.00 bits per heavy atom. The first-order valence-electron chi connectivity index (χ1n) is 7.14. The highest BCUT2D eigenvalue weighted by atomic mass is 28.1. The average Bonchev–Trinajstić information content (AvgIpc) is 2.20. The lowest BCUT2D eigenvalue weighted by molar-refractivity contribution is 0.0295. The summed E-state index contributed by atoms with van der Waals surface area (Å²) in [5.74, 6) is 0. The Morgan fingerprint density at radius 2 is 1.56 bits per heavy atom. The standard InChI is InChI=1S/C14H32OSi/c1-5-7-8-9-10-11-12-13(15-6-2)14(3,4)16/h13H,5-12H2,1-4,16H3. The van der Waals surface area contributed by atoms with E-state index in [2.05, 4.69) is 27.7 Å². The van der Waals surface area contributed by atoms with Crippen LogP contribution in [0, 0.1) is 0 Å². The molecule has 0 radical (unpaired) electrons. The van der Waals surface area contributed by atoms with Crippen molar-refractivity contribution in [3.05, 3.63) is 0 Å². The summed E-state index contributed by atoms with van der Waals surface area (Å²) in [6.07, 6.45) is 10.1. The predicted molar refractivity (Wildman–Crippen MR) is 77.4 cm³/mol. The minimum atomic E-state index is 0.430. The maximum absolute atomic E-state index is 5.87. The predicted octanol–water partition coefficient (Wildman–Crippen LogP) is 3.71. The van der Waals surface area contributed by atoms with E-state index >= 15 is 0 Å². The van der Waals surface area contributed by atoms with Crippen LogP contribution in [-0.2, 0) is 4.74 Å². The van der Waals surface area contributed by atoms with E-state index in [1.54, 1.807) is 0 Å². The van der Waals surface area contributed by atoms with Crippen LogP contribution in [0.1, 0.15) is 72.6 Å². The fourth-order valence-corrected chi connectivity index (χ4v) is 2.53. The number of ether oxygens (including phenoxy) is 1. The molecule has 2 heteroatoms. The largest absolute Gasteiger partial charge is 0.378 e. The zero-order valence-electron chi connectivity index (χ0n) is 12.1. The molecule has 98 valence electrons. The molecule has 0 fully saturated rings. The summed E-state index contributed by atoms with van der Waals surface area (Å²) in [5, 5.41) is 0.430. The number of unbranched alkanes of at least 4 members (excludes halogenated alkanes) is 5. The quantitative estimate of drug-likeness (QED) is 0.420. The molecule has 0 bridgehead atoms. The second kappa shape index (κ2) is 9.23. The lowest BCUT2D eigenvalue weighted by atomic mass is 9.98. The van der Waals surface area contributed by atoms with E-state index in [0.717, 1.165) is 6.61 Å². The summed E-state index contributed by atoms with van der Waals surface area (Å²) in [6, 6.07) is 0. The fourth-order valence-electron chi connectivity index (χ4n) is 2.08. The van der Waals surface area contributed by atoms with Gasteiger partial charge in [-0.3, -0.25) is 0 Å². The Bertz CT molecular complexity index is 151. The summed E-state index contributed by atoms with van der Waals surface area (Å²) < 4.78 is 5.87. The van der Waals surface area contributed by atoms with Gasteiger partial charge < -0.3 is 4.74 Å². The topological polar surface area (TPSA) is 9.23 Å². The van der Waals surface area contributed by atoms with Crippen molar-refractivity contribution in [3.8, 4) is 0 Å². The molecule has 1 nitrogen and oxygen atoms in total. The molecule has 1 atom stereocenters. The molecule has 0 aromatic carbocycles. The van der Waals surface area contributed by atoms with Crippen molar-refractivity contribution in [3.63, 3.8) is 0 Å². The molecular formula is C14H32OSi. The third-order valence-corrected chi connectivity index (χ3v) is 3.80. The average molecular weight is 244 g/mol. The minimum absolute atomic E-state index is 0.430. The molecule has 0 rings (SSSR count). The van der Waals surface area contributed by atoms with Crippen molar-refractivity contribution in [1.82, 2.24) is 0 Å². The smallest absolute Gasteiger partial charge is 0.0593 e. The first-order valence-corrected chi connectivity index (χ1v) is 8.14. The first kappa shape index (κ1) is 16.2. The molecular weight excluding hydrogens is 212 g/mol. The van der Waals surface area contributed by atoms with Gasteiger partial charge in [0.25, 0.3) is 0 Å². The van der Waals surface area contributed by atoms with Gasteiger partial charge in [-0.05, 0) is 18.4 Å². The van der Waals surface area contributed by atoms with Crippen LogP contribution in [-0.4, -0.2) is 23.0 Å². The zero-order chi connectivity index (χ0) is 12.4. The monoisotopic (exact) mass is 244 g/mol. The molecule has 0 saturated carbocycles. The molecule has 0 aliphatic heterocycles. The maximum Gasteiger partial charge on any atom is 0.0593 e. The van der Waals surface area contributed by atoms with Gasteiger partial charge in [0.2, 0.25) is 0 Å². The van der Waals surface area contributed by atoms with Crippen molar-refractivity contribution < 1.29 is 4.74 Å². The second-order valence-electron chi connectivity index (χ2n) is 5.87. The summed E-state index contributed by atoms with van der Waals surface area (Å²) in [4.78, 5) is 0.